The van der Waals surface area contributed by atoms with Gasteiger partial charge in [0.05, 0.1) is 18.1 Å². The second-order valence-corrected chi connectivity index (χ2v) is 8.05. The van der Waals surface area contributed by atoms with E-state index < -0.39 is 0 Å². The Balaban J connectivity index is 1.33. The molecule has 2 fully saturated rings. The molecule has 4 atom stereocenters. The van der Waals surface area contributed by atoms with Crippen molar-refractivity contribution >= 4 is 18.0 Å². The number of allylic oxidation sites excluding steroid dienone is 2. The van der Waals surface area contributed by atoms with Gasteiger partial charge in [-0.2, -0.15) is 10.1 Å². The lowest BCUT2D eigenvalue weighted by atomic mass is 9.85. The molecule has 2 aliphatic carbocycles. The number of carbonyl (C=O) groups excluding carboxylic acids is 2. The van der Waals surface area contributed by atoms with Crippen molar-refractivity contribution < 1.29 is 14.3 Å². The maximum absolute atomic E-state index is 12.8. The summed E-state index contributed by atoms with van der Waals surface area (Å²) in [7, 11) is 0. The van der Waals surface area contributed by atoms with E-state index in [2.05, 4.69) is 23.3 Å². The maximum atomic E-state index is 12.8. The molecule has 2 aromatic rings. The number of hydrogen-bond acceptors (Lipinski definition) is 4. The largest absolute Gasteiger partial charge is 0.488 e. The molecule has 0 radical (unpaired) electrons. The van der Waals surface area contributed by atoms with Gasteiger partial charge in [-0.1, -0.05) is 54.1 Å². The van der Waals surface area contributed by atoms with Crippen molar-refractivity contribution in [3.05, 3.63) is 77.4 Å². The van der Waals surface area contributed by atoms with Crippen molar-refractivity contribution in [1.29, 1.82) is 0 Å². The Morgan fingerprint density at radius 1 is 1.03 bits per heavy atom. The van der Waals surface area contributed by atoms with Crippen LogP contribution in [0.5, 0.6) is 5.75 Å². The number of nitrogens with zero attached hydrogens (tertiary/aromatic N) is 2. The number of fused-ring (bicyclic) bond motifs is 5. The highest BCUT2D eigenvalue weighted by atomic mass is 16.5. The number of para-hydroxylation sites is 1. The zero-order valence-electron chi connectivity index (χ0n) is 16.2. The summed E-state index contributed by atoms with van der Waals surface area (Å²) >= 11 is 0. The molecule has 2 amide bonds. The van der Waals surface area contributed by atoms with Crippen LogP contribution in [0, 0.1) is 30.6 Å². The van der Waals surface area contributed by atoms with Crippen molar-refractivity contribution in [2.75, 3.05) is 0 Å². The number of aryl methyl sites for hydroxylation is 1. The molecule has 5 heteroatoms. The molecule has 5 nitrogen and oxygen atoms in total. The van der Waals surface area contributed by atoms with Gasteiger partial charge in [-0.3, -0.25) is 9.59 Å². The molecule has 3 aliphatic rings. The Bertz CT molecular complexity index is 1010. The van der Waals surface area contributed by atoms with E-state index in [-0.39, 0.29) is 35.5 Å². The number of amides is 2. The zero-order chi connectivity index (χ0) is 20.0. The Hall–Kier alpha value is -3.21. The van der Waals surface area contributed by atoms with E-state index in [4.69, 9.17) is 4.74 Å². The van der Waals surface area contributed by atoms with Crippen LogP contribution in [0.4, 0.5) is 0 Å². The standard InChI is InChI=1S/C24H22N2O3/c1-15-5-4-6-16(11-15)14-29-20-8-3-2-7-19(20)13-25-26-23(27)21-17-9-10-18(12-17)22(21)24(26)28/h2-11,13,17-18,21-22H,12,14H2,1H3/t17-,18-,21-,22+/m0/s1. The molecule has 1 saturated carbocycles. The first-order valence-electron chi connectivity index (χ1n) is 9.99. The Morgan fingerprint density at radius 3 is 2.48 bits per heavy atom. The van der Waals surface area contributed by atoms with Gasteiger partial charge in [0.2, 0.25) is 0 Å². The number of carbonyl (C=O) groups is 2. The third-order valence-corrected chi connectivity index (χ3v) is 6.16. The first-order chi connectivity index (χ1) is 14.1. The molecule has 5 rings (SSSR count). The van der Waals surface area contributed by atoms with Crippen molar-refractivity contribution in [1.82, 2.24) is 5.01 Å². The van der Waals surface area contributed by atoms with Crippen LogP contribution >= 0.6 is 0 Å². The molecule has 1 aliphatic heterocycles. The summed E-state index contributed by atoms with van der Waals surface area (Å²) in [6, 6.07) is 15.7. The van der Waals surface area contributed by atoms with Crippen molar-refractivity contribution in [2.24, 2.45) is 28.8 Å². The van der Waals surface area contributed by atoms with Gasteiger partial charge in [0.1, 0.15) is 12.4 Å². The SMILES string of the molecule is Cc1cccc(COc2ccccc2C=NN2C(=O)[C@@H]3[C@H](C2=O)[C@H]2C=C[C@H]3C2)c1. The van der Waals surface area contributed by atoms with Crippen LogP contribution in [0.3, 0.4) is 0 Å². The molecule has 29 heavy (non-hydrogen) atoms. The molecule has 0 spiro atoms. The highest BCUT2D eigenvalue weighted by Crippen LogP contribution is 2.52. The Morgan fingerprint density at radius 2 is 1.76 bits per heavy atom. The zero-order valence-corrected chi connectivity index (χ0v) is 16.2. The maximum Gasteiger partial charge on any atom is 0.254 e. The second kappa shape index (κ2) is 6.99. The topological polar surface area (TPSA) is 59.0 Å². The Kier molecular flexibility index (Phi) is 4.31. The fraction of sp³-hybridized carbons (Fsp3) is 0.292. The molecule has 0 aromatic heterocycles. The van der Waals surface area contributed by atoms with E-state index in [1.165, 1.54) is 5.56 Å². The van der Waals surface area contributed by atoms with E-state index in [0.717, 1.165) is 22.6 Å². The third-order valence-electron chi connectivity index (χ3n) is 6.16. The predicted octanol–water partition coefficient (Wildman–Crippen LogP) is 3.72. The molecular formula is C24H22N2O3. The van der Waals surface area contributed by atoms with Crippen LogP contribution in [-0.2, 0) is 16.2 Å². The normalized spacial score (nSPS) is 27.3. The van der Waals surface area contributed by atoms with Crippen molar-refractivity contribution in [3.63, 3.8) is 0 Å². The lowest BCUT2D eigenvalue weighted by molar-refractivity contribution is -0.140. The number of hydrogen-bond donors (Lipinski definition) is 0. The number of rotatable bonds is 5. The highest BCUT2D eigenvalue weighted by molar-refractivity contribution is 6.06. The molecule has 1 heterocycles. The van der Waals surface area contributed by atoms with E-state index >= 15 is 0 Å². The van der Waals surface area contributed by atoms with Gasteiger partial charge < -0.3 is 4.74 Å². The van der Waals surface area contributed by atoms with Crippen LogP contribution in [0.1, 0.15) is 23.1 Å². The molecule has 2 bridgehead atoms. The van der Waals surface area contributed by atoms with E-state index in [1.807, 2.05) is 49.4 Å². The summed E-state index contributed by atoms with van der Waals surface area (Å²) < 4.78 is 5.98. The van der Waals surface area contributed by atoms with Crippen molar-refractivity contribution in [2.45, 2.75) is 20.0 Å². The monoisotopic (exact) mass is 386 g/mol. The summed E-state index contributed by atoms with van der Waals surface area (Å²) in [5.74, 6) is 0.222. The van der Waals surface area contributed by atoms with Gasteiger partial charge in [-0.05, 0) is 42.9 Å². The van der Waals surface area contributed by atoms with Gasteiger partial charge >= 0.3 is 0 Å². The van der Waals surface area contributed by atoms with Gasteiger partial charge in [-0.25, -0.2) is 0 Å². The molecule has 0 unspecified atom stereocenters. The molecule has 2 aromatic carbocycles. The number of benzene rings is 2. The van der Waals surface area contributed by atoms with Crippen LogP contribution in [0.25, 0.3) is 0 Å². The van der Waals surface area contributed by atoms with Crippen LogP contribution in [0.2, 0.25) is 0 Å². The Labute approximate surface area is 169 Å². The van der Waals surface area contributed by atoms with Gasteiger partial charge in [0, 0.05) is 5.56 Å². The fourth-order valence-electron chi connectivity index (χ4n) is 4.80. The van der Waals surface area contributed by atoms with Crippen molar-refractivity contribution in [3.8, 4) is 5.75 Å². The lowest BCUT2D eigenvalue weighted by Crippen LogP contribution is -2.28. The minimum atomic E-state index is -0.234. The van der Waals surface area contributed by atoms with Gasteiger partial charge in [0.25, 0.3) is 11.8 Å². The number of imide groups is 1. The van der Waals surface area contributed by atoms with E-state index in [0.29, 0.717) is 12.4 Å². The smallest absolute Gasteiger partial charge is 0.254 e. The molecule has 0 N–H and O–H groups in total. The summed E-state index contributed by atoms with van der Waals surface area (Å²) in [6.45, 7) is 2.48. The van der Waals surface area contributed by atoms with E-state index in [1.54, 1.807) is 6.21 Å². The summed E-state index contributed by atoms with van der Waals surface area (Å²) in [5.41, 5.74) is 3.00. The summed E-state index contributed by atoms with van der Waals surface area (Å²) in [4.78, 5) is 25.5. The predicted molar refractivity (Wildman–Crippen MR) is 109 cm³/mol. The van der Waals surface area contributed by atoms with Crippen LogP contribution in [-0.4, -0.2) is 23.0 Å². The minimum absolute atomic E-state index is 0.175. The third kappa shape index (κ3) is 3.07. The van der Waals surface area contributed by atoms with E-state index in [9.17, 15) is 9.59 Å². The van der Waals surface area contributed by atoms with Gasteiger partial charge in [-0.15, -0.1) is 0 Å². The number of hydrazone groups is 1. The summed E-state index contributed by atoms with van der Waals surface area (Å²) in [5, 5.41) is 5.33. The first kappa shape index (κ1) is 17.9. The van der Waals surface area contributed by atoms with Gasteiger partial charge in [0.15, 0.2) is 0 Å². The highest BCUT2D eigenvalue weighted by Gasteiger charge is 2.59. The lowest BCUT2D eigenvalue weighted by Gasteiger charge is -2.13. The molecule has 146 valence electrons. The molecular weight excluding hydrogens is 364 g/mol. The average Bonchev–Trinajstić information content (AvgIpc) is 3.40. The average molecular weight is 386 g/mol. The van der Waals surface area contributed by atoms with Crippen LogP contribution in [0.15, 0.2) is 65.8 Å². The minimum Gasteiger partial charge on any atom is -0.488 e. The molecule has 1 saturated heterocycles. The fourth-order valence-corrected chi connectivity index (χ4v) is 4.80. The second-order valence-electron chi connectivity index (χ2n) is 8.05. The quantitative estimate of drug-likeness (QED) is 0.447. The van der Waals surface area contributed by atoms with Crippen LogP contribution < -0.4 is 4.74 Å². The summed E-state index contributed by atoms with van der Waals surface area (Å²) in [6.07, 6.45) is 6.63. The number of ether oxygens (including phenoxy) is 1. The first-order valence-corrected chi connectivity index (χ1v) is 9.99.